The molecule has 0 fully saturated rings. The van der Waals surface area contributed by atoms with Crippen LogP contribution in [-0.4, -0.2) is 118 Å². The number of likely N-dealkylation sites (N-methyl/N-ethyl adjacent to an activating group) is 2. The predicted molar refractivity (Wildman–Crippen MR) is 224 cm³/mol. The van der Waals surface area contributed by atoms with Crippen LogP contribution in [0, 0.1) is 0 Å². The van der Waals surface area contributed by atoms with Crippen LogP contribution in [0.4, 0.5) is 0 Å². The van der Waals surface area contributed by atoms with Crippen LogP contribution in [0.3, 0.4) is 0 Å². The molecule has 0 N–H and O–H groups in total. The van der Waals surface area contributed by atoms with Crippen molar-refractivity contribution in [1.82, 2.24) is 57.8 Å². The molecule has 0 aliphatic carbocycles. The lowest BCUT2D eigenvalue weighted by Gasteiger charge is -2.35. The molecule has 16 nitrogen and oxygen atoms in total. The third kappa shape index (κ3) is 14.1. The third-order valence-electron chi connectivity index (χ3n) is 10.1. The highest BCUT2D eigenvalue weighted by molar-refractivity contribution is 5.77. The smallest absolute Gasteiger partial charge is 0.242 e. The molecule has 0 bridgehead atoms. The van der Waals surface area contributed by atoms with E-state index in [0.29, 0.717) is 65.4 Å². The molecule has 0 aliphatic heterocycles. The number of aromatic nitrogens is 8. The van der Waals surface area contributed by atoms with Crippen molar-refractivity contribution in [3.05, 3.63) is 72.9 Å². The fraction of sp³-hybridized carbons (Fsp3) is 0.619. The van der Waals surface area contributed by atoms with Crippen molar-refractivity contribution in [2.45, 2.75) is 147 Å². The lowest BCUT2D eigenvalue weighted by Crippen LogP contribution is -2.42. The number of carbonyl (C=O) groups excluding carboxylic acids is 4. The molecule has 320 valence electrons. The van der Waals surface area contributed by atoms with Gasteiger partial charge in [0, 0.05) is 86.8 Å². The topological polar surface area (TPSA) is 153 Å². The molecule has 4 aromatic heterocycles. The first-order valence-electron chi connectivity index (χ1n) is 20.4. The van der Waals surface area contributed by atoms with E-state index >= 15 is 0 Å². The van der Waals surface area contributed by atoms with Gasteiger partial charge in [-0.15, -0.1) is 0 Å². The predicted octanol–water partition coefficient (Wildman–Crippen LogP) is 4.68. The van der Waals surface area contributed by atoms with E-state index in [9.17, 15) is 19.2 Å². The van der Waals surface area contributed by atoms with Crippen LogP contribution in [0.25, 0.3) is 0 Å². The number of hydrogen-bond acceptors (Lipinski definition) is 10. The van der Waals surface area contributed by atoms with Gasteiger partial charge in [0.2, 0.25) is 11.8 Å². The molecular formula is C42H68N12O4. The average Bonchev–Trinajstić information content (AvgIpc) is 3.95. The first kappa shape index (κ1) is 47.4. The number of rotatable bonds is 20. The molecule has 4 rings (SSSR count). The van der Waals surface area contributed by atoms with Crippen LogP contribution < -0.4 is 0 Å². The van der Waals surface area contributed by atoms with Gasteiger partial charge in [0.1, 0.15) is 48.0 Å². The lowest BCUT2D eigenvalue weighted by molar-refractivity contribution is -0.132. The van der Waals surface area contributed by atoms with E-state index in [1.165, 1.54) is 0 Å². The molecule has 0 atom stereocenters. The maximum Gasteiger partial charge on any atom is 0.242 e. The Morgan fingerprint density at radius 1 is 0.466 bits per heavy atom. The summed E-state index contributed by atoms with van der Waals surface area (Å²) in [6, 6.07) is 0. The molecule has 16 heteroatoms. The molecule has 2 amide bonds. The summed E-state index contributed by atoms with van der Waals surface area (Å²) in [6.07, 6.45) is 14.3. The van der Waals surface area contributed by atoms with Gasteiger partial charge >= 0.3 is 0 Å². The summed E-state index contributed by atoms with van der Waals surface area (Å²) >= 11 is 0. The minimum absolute atomic E-state index is 0.0898. The molecule has 58 heavy (non-hydrogen) atoms. The molecule has 0 aliphatic rings. The summed E-state index contributed by atoms with van der Waals surface area (Å²) in [5, 5.41) is 0. The zero-order valence-corrected chi connectivity index (χ0v) is 37.1. The van der Waals surface area contributed by atoms with Crippen molar-refractivity contribution >= 4 is 23.4 Å². The molecule has 0 radical (unpaired) electrons. The maximum absolute atomic E-state index is 12.6. The van der Waals surface area contributed by atoms with Gasteiger partial charge < -0.3 is 28.1 Å². The van der Waals surface area contributed by atoms with Crippen LogP contribution >= 0.6 is 0 Å². The minimum atomic E-state index is -0.167. The van der Waals surface area contributed by atoms with E-state index in [4.69, 9.17) is 0 Å². The van der Waals surface area contributed by atoms with Crippen LogP contribution in [-0.2, 0) is 71.5 Å². The van der Waals surface area contributed by atoms with Gasteiger partial charge in [-0.2, -0.15) is 0 Å². The Kier molecular flexibility index (Phi) is 17.7. The van der Waals surface area contributed by atoms with Gasteiger partial charge in [0.25, 0.3) is 0 Å². The molecule has 4 aromatic rings. The Morgan fingerprint density at radius 2 is 0.707 bits per heavy atom. The second-order valence-corrected chi connectivity index (χ2v) is 16.5. The second-order valence-electron chi connectivity index (χ2n) is 16.5. The second kappa shape index (κ2) is 21.7. The van der Waals surface area contributed by atoms with Crippen molar-refractivity contribution < 1.29 is 19.2 Å². The molecule has 0 saturated heterocycles. The Bertz CT molecular complexity index is 1780. The Hall–Kier alpha value is -4.96. The number of imidazole rings is 4. The lowest BCUT2D eigenvalue weighted by atomic mass is 10.1. The Balaban J connectivity index is 0.000000322. The van der Waals surface area contributed by atoms with Crippen molar-refractivity contribution in [2.75, 3.05) is 26.2 Å². The number of Topliss-reactive ketones (excluding diaryl/α,β-unsaturated/α-hetero) is 2. The van der Waals surface area contributed by atoms with Crippen molar-refractivity contribution in [1.29, 1.82) is 0 Å². The van der Waals surface area contributed by atoms with E-state index in [0.717, 1.165) is 23.3 Å². The zero-order valence-electron chi connectivity index (χ0n) is 37.1. The number of carbonyl (C=O) groups is 4. The van der Waals surface area contributed by atoms with Crippen LogP contribution in [0.5, 0.6) is 0 Å². The highest BCUT2D eigenvalue weighted by Gasteiger charge is 2.27. The van der Waals surface area contributed by atoms with Gasteiger partial charge in [0.15, 0.2) is 0 Å². The van der Waals surface area contributed by atoms with Gasteiger partial charge in [-0.3, -0.25) is 29.0 Å². The van der Waals surface area contributed by atoms with E-state index < -0.39 is 0 Å². The fourth-order valence-electron chi connectivity index (χ4n) is 6.41. The first-order chi connectivity index (χ1) is 27.3. The minimum Gasteiger partial charge on any atom is -0.342 e. The summed E-state index contributed by atoms with van der Waals surface area (Å²) in [6.45, 7) is 30.3. The standard InChI is InChI=1S/C24H41N7O2.C18H27N5O2/c1-8-27(9-2)22(32)18-29-14-12-25-20(29)16-31(24(5,6)7)17-21-26-13-15-30(21)19-23(33)28(10-3)11-4;1-14(24)10-21-8-6-19-16(21)12-23(18(3,4)5)13-17-20-7-9-22(17)11-15(2)25/h12-15H,8-11,16-19H2,1-7H3;6-9H,10-13H2,1-5H3. The molecule has 0 unspecified atom stereocenters. The fourth-order valence-corrected chi connectivity index (χ4v) is 6.41. The van der Waals surface area contributed by atoms with Crippen LogP contribution in [0.2, 0.25) is 0 Å². The van der Waals surface area contributed by atoms with Crippen LogP contribution in [0.15, 0.2) is 49.6 Å². The SMILES string of the molecule is CC(=O)Cn1ccnc1CN(Cc1nccn1CC(C)=O)C(C)(C)C.CCN(CC)C(=O)Cn1ccnc1CN(Cc1nccn1CC(=O)N(CC)CC)C(C)(C)C. The van der Waals surface area contributed by atoms with Crippen molar-refractivity contribution in [3.8, 4) is 0 Å². The van der Waals surface area contributed by atoms with Gasteiger partial charge in [-0.1, -0.05) is 0 Å². The van der Waals surface area contributed by atoms with E-state index in [1.54, 1.807) is 38.6 Å². The normalized spacial score (nSPS) is 11.8. The molecule has 0 aromatic carbocycles. The number of hydrogen-bond donors (Lipinski definition) is 0. The third-order valence-corrected chi connectivity index (χ3v) is 10.1. The van der Waals surface area contributed by atoms with Crippen molar-refractivity contribution in [2.24, 2.45) is 0 Å². The first-order valence-corrected chi connectivity index (χ1v) is 20.4. The largest absolute Gasteiger partial charge is 0.342 e. The summed E-state index contributed by atoms with van der Waals surface area (Å²) in [5.74, 6) is 3.73. The zero-order chi connectivity index (χ0) is 43.2. The number of amides is 2. The summed E-state index contributed by atoms with van der Waals surface area (Å²) in [5.41, 5.74) is -0.292. The van der Waals surface area contributed by atoms with Gasteiger partial charge in [-0.25, -0.2) is 19.9 Å². The summed E-state index contributed by atoms with van der Waals surface area (Å²) < 4.78 is 7.61. The summed E-state index contributed by atoms with van der Waals surface area (Å²) in [4.78, 5) is 74.2. The summed E-state index contributed by atoms with van der Waals surface area (Å²) in [7, 11) is 0. The highest BCUT2D eigenvalue weighted by Crippen LogP contribution is 2.22. The Labute approximate surface area is 345 Å². The molecular weight excluding hydrogens is 737 g/mol. The van der Waals surface area contributed by atoms with E-state index in [2.05, 4.69) is 71.3 Å². The number of ketones is 2. The number of nitrogens with zero attached hydrogens (tertiary/aromatic N) is 12. The average molecular weight is 805 g/mol. The Morgan fingerprint density at radius 3 is 0.914 bits per heavy atom. The maximum atomic E-state index is 12.6. The highest BCUT2D eigenvalue weighted by atomic mass is 16.2. The quantitative estimate of drug-likeness (QED) is 0.123. The van der Waals surface area contributed by atoms with Crippen LogP contribution in [0.1, 0.15) is 106 Å². The van der Waals surface area contributed by atoms with Gasteiger partial charge in [-0.05, 0) is 83.1 Å². The van der Waals surface area contributed by atoms with Gasteiger partial charge in [0.05, 0.1) is 39.3 Å². The van der Waals surface area contributed by atoms with E-state index in [1.807, 2.05) is 80.6 Å². The van der Waals surface area contributed by atoms with Crippen molar-refractivity contribution in [3.63, 3.8) is 0 Å². The molecule has 0 saturated carbocycles. The molecule has 4 heterocycles. The monoisotopic (exact) mass is 805 g/mol. The molecule has 0 spiro atoms. The van der Waals surface area contributed by atoms with E-state index in [-0.39, 0.29) is 47.5 Å².